The Bertz CT molecular complexity index is 1550. The molecule has 4 aliphatic carbocycles. The number of nitrogens with zero attached hydrogens (tertiary/aromatic N) is 5. The standard InChI is InChI=1S/C29H30BrN5O5/c1-17-6-7-25(40-17)22-9-23(20-4-2-3-5-24(20)36)34(31-22)26(37)14-28-10-18-8-19(11-28)13-29(12-18,16-28)33-15-21(30)27(32-33)35(38)39/h2-7,15,18-19,23,36H,8-14,16H2,1H3/t18-,19-,23-,28?,29?/m0/s1. The van der Waals surface area contributed by atoms with Gasteiger partial charge in [-0.25, -0.2) is 5.01 Å². The maximum absolute atomic E-state index is 14.2. The minimum absolute atomic E-state index is 0.0729. The maximum atomic E-state index is 14.2. The number of carbonyl (C=O) groups is 1. The first-order valence-corrected chi connectivity index (χ1v) is 14.6. The number of hydrogen-bond donors (Lipinski definition) is 1. The normalized spacial score (nSPS) is 30.6. The first-order valence-electron chi connectivity index (χ1n) is 13.8. The Morgan fingerprint density at radius 1 is 1.20 bits per heavy atom. The van der Waals surface area contributed by atoms with Crippen molar-refractivity contribution in [2.24, 2.45) is 22.4 Å². The number of phenolic OH excluding ortho intramolecular Hbond substituents is 1. The van der Waals surface area contributed by atoms with E-state index in [9.17, 15) is 20.0 Å². The van der Waals surface area contributed by atoms with Gasteiger partial charge < -0.3 is 19.6 Å². The number of aromatic hydroxyl groups is 1. The third kappa shape index (κ3) is 4.08. The van der Waals surface area contributed by atoms with Gasteiger partial charge >= 0.3 is 5.82 Å². The molecule has 10 nitrogen and oxygen atoms in total. The molecule has 1 aromatic carbocycles. The van der Waals surface area contributed by atoms with Gasteiger partial charge in [0.2, 0.25) is 5.91 Å². The van der Waals surface area contributed by atoms with Crippen LogP contribution < -0.4 is 0 Å². The van der Waals surface area contributed by atoms with Gasteiger partial charge in [0.25, 0.3) is 0 Å². The van der Waals surface area contributed by atoms with Crippen molar-refractivity contribution in [2.45, 2.75) is 69.9 Å². The predicted octanol–water partition coefficient (Wildman–Crippen LogP) is 6.22. The van der Waals surface area contributed by atoms with E-state index < -0.39 is 11.0 Å². The second-order valence-electron chi connectivity index (χ2n) is 12.3. The van der Waals surface area contributed by atoms with Crippen LogP contribution in [0, 0.1) is 34.3 Å². The molecular weight excluding hydrogens is 578 g/mol. The number of rotatable bonds is 6. The van der Waals surface area contributed by atoms with Gasteiger partial charge in [-0.2, -0.15) is 9.78 Å². The number of aromatic nitrogens is 2. The number of hydrazone groups is 1. The second kappa shape index (κ2) is 9.02. The molecule has 0 saturated heterocycles. The molecule has 1 amide bonds. The van der Waals surface area contributed by atoms with Gasteiger partial charge in [-0.05, 0) is 102 Å². The van der Waals surface area contributed by atoms with Crippen LogP contribution in [0.3, 0.4) is 0 Å². The number of hydrogen-bond acceptors (Lipinski definition) is 7. The van der Waals surface area contributed by atoms with Crippen LogP contribution in [0.5, 0.6) is 5.75 Å². The minimum Gasteiger partial charge on any atom is -0.508 e. The summed E-state index contributed by atoms with van der Waals surface area (Å²) >= 11 is 3.33. The summed E-state index contributed by atoms with van der Waals surface area (Å²) in [7, 11) is 0. The number of aryl methyl sites for hydroxylation is 1. The molecule has 2 aromatic heterocycles. The zero-order chi connectivity index (χ0) is 27.8. The lowest BCUT2D eigenvalue weighted by Gasteiger charge is -2.61. The lowest BCUT2D eigenvalue weighted by Crippen LogP contribution is -2.57. The Morgan fingerprint density at radius 2 is 1.95 bits per heavy atom. The molecule has 4 bridgehead atoms. The van der Waals surface area contributed by atoms with E-state index in [4.69, 9.17) is 9.52 Å². The molecule has 5 aliphatic rings. The first-order chi connectivity index (χ1) is 19.1. The molecule has 0 radical (unpaired) electrons. The van der Waals surface area contributed by atoms with E-state index in [-0.39, 0.29) is 28.4 Å². The van der Waals surface area contributed by atoms with Gasteiger partial charge in [-0.15, -0.1) is 0 Å². The maximum Gasteiger partial charge on any atom is 0.404 e. The molecule has 40 heavy (non-hydrogen) atoms. The Labute approximate surface area is 239 Å². The first kappa shape index (κ1) is 25.5. The molecule has 0 unspecified atom stereocenters. The average Bonchev–Trinajstić information content (AvgIpc) is 3.61. The monoisotopic (exact) mass is 607 g/mol. The number of amides is 1. The third-order valence-electron chi connectivity index (χ3n) is 9.47. The van der Waals surface area contributed by atoms with Crippen LogP contribution in [0.25, 0.3) is 0 Å². The molecule has 11 heteroatoms. The summed E-state index contributed by atoms with van der Waals surface area (Å²) in [5.74, 6) is 2.20. The largest absolute Gasteiger partial charge is 0.508 e. The lowest BCUT2D eigenvalue weighted by atomic mass is 9.46. The van der Waals surface area contributed by atoms with Crippen LogP contribution >= 0.6 is 15.9 Å². The number of carbonyl (C=O) groups excluding carboxylic acids is 1. The Kier molecular flexibility index (Phi) is 5.75. The molecule has 4 saturated carbocycles. The topological polar surface area (TPSA) is 127 Å². The fourth-order valence-corrected chi connectivity index (χ4v) is 8.90. The average molecular weight is 608 g/mol. The molecule has 4 fully saturated rings. The number of benzene rings is 1. The number of phenols is 1. The Balaban J connectivity index is 1.21. The number of furan rings is 1. The van der Waals surface area contributed by atoms with Crippen molar-refractivity contribution in [2.75, 3.05) is 0 Å². The van der Waals surface area contributed by atoms with Gasteiger partial charge in [0.1, 0.15) is 27.5 Å². The van der Waals surface area contributed by atoms with Gasteiger partial charge in [-0.1, -0.05) is 18.2 Å². The number of nitro groups is 1. The molecule has 3 atom stereocenters. The van der Waals surface area contributed by atoms with E-state index in [2.05, 4.69) is 21.0 Å². The highest BCUT2D eigenvalue weighted by molar-refractivity contribution is 9.10. The zero-order valence-electron chi connectivity index (χ0n) is 22.1. The molecular formula is C29H30BrN5O5. The van der Waals surface area contributed by atoms with Crippen LogP contribution in [-0.2, 0) is 10.3 Å². The van der Waals surface area contributed by atoms with E-state index in [1.807, 2.05) is 35.9 Å². The zero-order valence-corrected chi connectivity index (χ0v) is 23.7. The molecule has 0 spiro atoms. The fraction of sp³-hybridized carbons (Fsp3) is 0.483. The van der Waals surface area contributed by atoms with E-state index in [1.54, 1.807) is 23.3 Å². The van der Waals surface area contributed by atoms with Gasteiger partial charge in [-0.3, -0.25) is 4.79 Å². The van der Waals surface area contributed by atoms with E-state index >= 15 is 0 Å². The van der Waals surface area contributed by atoms with Crippen LogP contribution in [0.4, 0.5) is 5.82 Å². The second-order valence-corrected chi connectivity index (χ2v) is 13.2. The lowest BCUT2D eigenvalue weighted by molar-refractivity contribution is -0.390. The van der Waals surface area contributed by atoms with Crippen molar-refractivity contribution in [1.82, 2.24) is 14.8 Å². The molecule has 1 aliphatic heterocycles. The van der Waals surface area contributed by atoms with Crippen molar-refractivity contribution in [3.05, 3.63) is 74.3 Å². The van der Waals surface area contributed by atoms with Crippen molar-refractivity contribution < 1.29 is 19.2 Å². The molecule has 8 rings (SSSR count). The summed E-state index contributed by atoms with van der Waals surface area (Å²) in [6.07, 6.45) is 8.20. The summed E-state index contributed by atoms with van der Waals surface area (Å²) in [6, 6.07) is 10.4. The van der Waals surface area contributed by atoms with Crippen LogP contribution in [0.1, 0.15) is 74.5 Å². The SMILES string of the molecule is Cc1ccc(C2=NN(C(=O)CC34C[C@@H]5C[C@@H](C3)CC(n3cc(Br)c([N+](=O)[O-])n3)(C5)C4)[C@H](c3ccccc3O)C2)o1. The Hall–Kier alpha value is -3.47. The quantitative estimate of drug-likeness (QED) is 0.261. The Morgan fingerprint density at radius 3 is 2.60 bits per heavy atom. The molecule has 3 aromatic rings. The van der Waals surface area contributed by atoms with Crippen LogP contribution in [0.2, 0.25) is 0 Å². The summed E-state index contributed by atoms with van der Waals surface area (Å²) in [4.78, 5) is 25.3. The summed E-state index contributed by atoms with van der Waals surface area (Å²) in [5.41, 5.74) is 0.791. The van der Waals surface area contributed by atoms with Crippen molar-refractivity contribution in [3.63, 3.8) is 0 Å². The highest BCUT2D eigenvalue weighted by Gasteiger charge is 2.61. The third-order valence-corrected chi connectivity index (χ3v) is 10.0. The van der Waals surface area contributed by atoms with Crippen molar-refractivity contribution in [3.8, 4) is 5.75 Å². The van der Waals surface area contributed by atoms with E-state index in [0.717, 1.165) is 44.3 Å². The minimum atomic E-state index is -0.455. The molecule has 1 N–H and O–H groups in total. The van der Waals surface area contributed by atoms with Crippen LogP contribution in [0.15, 0.2) is 56.6 Å². The van der Waals surface area contributed by atoms with Crippen LogP contribution in [-0.4, -0.2) is 36.4 Å². The van der Waals surface area contributed by atoms with E-state index in [1.165, 1.54) is 0 Å². The van der Waals surface area contributed by atoms with E-state index in [0.29, 0.717) is 46.2 Å². The molecule has 3 heterocycles. The fourth-order valence-electron chi connectivity index (χ4n) is 8.48. The number of para-hydroxylation sites is 1. The summed E-state index contributed by atoms with van der Waals surface area (Å²) in [5, 5.41) is 33.0. The number of halogens is 1. The highest BCUT2D eigenvalue weighted by atomic mass is 79.9. The summed E-state index contributed by atoms with van der Waals surface area (Å²) in [6.45, 7) is 1.87. The smallest absolute Gasteiger partial charge is 0.404 e. The highest BCUT2D eigenvalue weighted by Crippen LogP contribution is 2.65. The molecule has 208 valence electrons. The van der Waals surface area contributed by atoms with Gasteiger partial charge in [0.05, 0.1) is 22.9 Å². The van der Waals surface area contributed by atoms with Gasteiger partial charge in [0, 0.05) is 18.4 Å². The summed E-state index contributed by atoms with van der Waals surface area (Å²) < 4.78 is 8.05. The van der Waals surface area contributed by atoms with Crippen molar-refractivity contribution in [1.29, 1.82) is 0 Å². The van der Waals surface area contributed by atoms with Gasteiger partial charge in [0.15, 0.2) is 0 Å². The van der Waals surface area contributed by atoms with Crippen molar-refractivity contribution >= 4 is 33.4 Å². The predicted molar refractivity (Wildman–Crippen MR) is 149 cm³/mol.